The second-order valence-electron chi connectivity index (χ2n) is 11.7. The van der Waals surface area contributed by atoms with Crippen LogP contribution in [0.5, 0.6) is 5.75 Å². The molecule has 0 unspecified atom stereocenters. The lowest BCUT2D eigenvalue weighted by atomic mass is 9.68. The molecule has 0 aliphatic heterocycles. The summed E-state index contributed by atoms with van der Waals surface area (Å²) in [5.41, 5.74) is 0.227. The Morgan fingerprint density at radius 3 is 2.00 bits per heavy atom. The number of hydrogen-bond acceptors (Lipinski definition) is 2. The number of benzene rings is 2. The Morgan fingerprint density at radius 1 is 0.842 bits per heavy atom. The molecule has 2 aliphatic carbocycles. The minimum atomic E-state index is -3.69. The highest BCUT2D eigenvalue weighted by Gasteiger charge is 2.35. The van der Waals surface area contributed by atoms with E-state index in [1.165, 1.54) is 77.0 Å². The van der Waals surface area contributed by atoms with E-state index < -0.39 is 17.5 Å². The predicted octanol–water partition coefficient (Wildman–Crippen LogP) is 9.95. The Bertz CT molecular complexity index is 1040. The van der Waals surface area contributed by atoms with Gasteiger partial charge < -0.3 is 4.74 Å². The highest BCUT2D eigenvalue weighted by Crippen LogP contribution is 2.43. The molecule has 0 amide bonds. The number of aryl methyl sites for hydroxylation is 1. The van der Waals surface area contributed by atoms with Crippen molar-refractivity contribution < 1.29 is 17.9 Å². The maximum atomic E-state index is 14.5. The third-order valence-corrected chi connectivity index (χ3v) is 9.10. The Hall–Kier alpha value is -2.48. The first-order chi connectivity index (χ1) is 18.4. The van der Waals surface area contributed by atoms with Crippen LogP contribution in [0, 0.1) is 40.8 Å². The number of hydrogen-bond donors (Lipinski definition) is 0. The number of ether oxygens (including phenoxy) is 1. The number of halogens is 3. The summed E-state index contributed by atoms with van der Waals surface area (Å²) in [6.45, 7) is 2.29. The summed E-state index contributed by atoms with van der Waals surface area (Å²) in [4.78, 5) is 0. The Morgan fingerprint density at radius 2 is 1.45 bits per heavy atom. The summed E-state index contributed by atoms with van der Waals surface area (Å²) in [5, 5.41) is 8.79. The van der Waals surface area contributed by atoms with Gasteiger partial charge in [0.15, 0.2) is 0 Å². The van der Waals surface area contributed by atoms with Crippen molar-refractivity contribution in [3.8, 4) is 11.8 Å². The van der Waals surface area contributed by atoms with Crippen molar-refractivity contribution in [2.24, 2.45) is 23.7 Å². The smallest absolute Gasteiger partial charge is 0.426 e. The second-order valence-corrected chi connectivity index (χ2v) is 11.7. The zero-order valence-electron chi connectivity index (χ0n) is 22.7. The van der Waals surface area contributed by atoms with Crippen LogP contribution in [0.25, 0.3) is 0 Å². The Balaban J connectivity index is 1.18. The van der Waals surface area contributed by atoms with Gasteiger partial charge in [-0.3, -0.25) is 0 Å². The quantitative estimate of drug-likeness (QED) is 0.273. The minimum absolute atomic E-state index is 0.0316. The highest BCUT2D eigenvalue weighted by molar-refractivity contribution is 5.35. The molecule has 0 radical (unpaired) electrons. The molecule has 0 saturated heterocycles. The molecule has 2 saturated carbocycles. The van der Waals surface area contributed by atoms with Crippen molar-refractivity contribution in [2.45, 2.75) is 103 Å². The summed E-state index contributed by atoms with van der Waals surface area (Å²) in [6, 6.07) is 11.1. The van der Waals surface area contributed by atoms with Gasteiger partial charge in [-0.05, 0) is 98.1 Å². The fraction of sp³-hybridized carbons (Fsp3) is 0.606. The van der Waals surface area contributed by atoms with Crippen molar-refractivity contribution in [1.82, 2.24) is 0 Å². The van der Waals surface area contributed by atoms with Gasteiger partial charge in [0.2, 0.25) is 0 Å². The summed E-state index contributed by atoms with van der Waals surface area (Å²) in [5.74, 6) is 2.65. The van der Waals surface area contributed by atoms with E-state index in [2.05, 4.69) is 6.92 Å². The maximum absolute atomic E-state index is 14.5. The SMILES string of the molecule is CCCCCC1CCC(C2CCC(CCc3ccc(OC(F)(F)c4ccc(C#N)c(F)c4)cc3)CC2)CC1. The van der Waals surface area contributed by atoms with E-state index in [1.54, 1.807) is 18.2 Å². The fourth-order valence-corrected chi connectivity index (χ4v) is 6.67. The van der Waals surface area contributed by atoms with Crippen LogP contribution < -0.4 is 4.74 Å². The van der Waals surface area contributed by atoms with Gasteiger partial charge in [-0.2, -0.15) is 14.0 Å². The molecule has 2 aromatic rings. The predicted molar refractivity (Wildman–Crippen MR) is 145 cm³/mol. The normalized spacial score (nSPS) is 24.1. The molecule has 0 heterocycles. The standard InChI is InChI=1S/C33H42F3NO/c1-2-3-4-5-24-8-14-27(15-9-24)28-16-10-25(11-17-28)6-7-26-12-20-31(21-13-26)38-33(35,36)30-19-18-29(23-37)32(34)22-30/h12-13,18-22,24-25,27-28H,2-11,14-17H2,1H3. The number of alkyl halides is 2. The van der Waals surface area contributed by atoms with Gasteiger partial charge >= 0.3 is 6.11 Å². The fourth-order valence-electron chi connectivity index (χ4n) is 6.67. The molecular formula is C33H42F3NO. The first kappa shape index (κ1) is 28.5. The molecule has 4 rings (SSSR count). The third kappa shape index (κ3) is 7.78. The number of nitriles is 1. The molecular weight excluding hydrogens is 483 g/mol. The Labute approximate surface area is 226 Å². The monoisotopic (exact) mass is 525 g/mol. The maximum Gasteiger partial charge on any atom is 0.426 e. The number of nitrogens with zero attached hydrogens (tertiary/aromatic N) is 1. The van der Waals surface area contributed by atoms with Crippen molar-refractivity contribution in [3.05, 3.63) is 65.0 Å². The van der Waals surface area contributed by atoms with Crippen LogP contribution in [-0.2, 0) is 12.5 Å². The van der Waals surface area contributed by atoms with Crippen molar-refractivity contribution >= 4 is 0 Å². The molecule has 2 aromatic carbocycles. The zero-order valence-corrected chi connectivity index (χ0v) is 22.7. The molecule has 2 nitrogen and oxygen atoms in total. The van der Waals surface area contributed by atoms with E-state index >= 15 is 0 Å². The van der Waals surface area contributed by atoms with Gasteiger partial charge in [-0.15, -0.1) is 0 Å². The molecule has 2 fully saturated rings. The van der Waals surface area contributed by atoms with Crippen LogP contribution in [-0.4, -0.2) is 0 Å². The number of rotatable bonds is 11. The van der Waals surface area contributed by atoms with Crippen LogP contribution in [0.15, 0.2) is 42.5 Å². The summed E-state index contributed by atoms with van der Waals surface area (Å²) < 4.78 is 47.7. The number of unbranched alkanes of at least 4 members (excludes halogenated alkanes) is 2. The molecule has 206 valence electrons. The van der Waals surface area contributed by atoms with E-state index in [0.29, 0.717) is 6.07 Å². The van der Waals surface area contributed by atoms with Crippen LogP contribution in [0.4, 0.5) is 13.2 Å². The van der Waals surface area contributed by atoms with Gasteiger partial charge in [0.1, 0.15) is 17.6 Å². The molecule has 0 atom stereocenters. The average molecular weight is 526 g/mol. The average Bonchev–Trinajstić information content (AvgIpc) is 2.93. The van der Waals surface area contributed by atoms with Crippen molar-refractivity contribution in [3.63, 3.8) is 0 Å². The van der Waals surface area contributed by atoms with Gasteiger partial charge in [0.05, 0.1) is 11.1 Å². The van der Waals surface area contributed by atoms with E-state index in [1.807, 2.05) is 12.1 Å². The van der Waals surface area contributed by atoms with E-state index in [4.69, 9.17) is 10.00 Å². The zero-order chi connectivity index (χ0) is 27.0. The van der Waals surface area contributed by atoms with Gasteiger partial charge in [0.25, 0.3) is 0 Å². The van der Waals surface area contributed by atoms with Crippen LogP contribution in [0.2, 0.25) is 0 Å². The third-order valence-electron chi connectivity index (χ3n) is 9.10. The Kier molecular flexibility index (Phi) is 10.2. The highest BCUT2D eigenvalue weighted by atomic mass is 19.3. The molecule has 0 bridgehead atoms. The molecule has 5 heteroatoms. The first-order valence-corrected chi connectivity index (χ1v) is 14.7. The largest absolute Gasteiger partial charge is 0.429 e. The van der Waals surface area contributed by atoms with Crippen molar-refractivity contribution in [2.75, 3.05) is 0 Å². The first-order valence-electron chi connectivity index (χ1n) is 14.7. The summed E-state index contributed by atoms with van der Waals surface area (Å²) in [7, 11) is 0. The molecule has 0 N–H and O–H groups in total. The van der Waals surface area contributed by atoms with Crippen LogP contribution in [0.3, 0.4) is 0 Å². The second kappa shape index (κ2) is 13.5. The molecule has 0 aromatic heterocycles. The topological polar surface area (TPSA) is 33.0 Å². The summed E-state index contributed by atoms with van der Waals surface area (Å²) >= 11 is 0. The van der Waals surface area contributed by atoms with Gasteiger partial charge in [0, 0.05) is 0 Å². The lowest BCUT2D eigenvalue weighted by molar-refractivity contribution is -0.185. The molecule has 0 spiro atoms. The van der Waals surface area contributed by atoms with E-state index in [9.17, 15) is 13.2 Å². The van der Waals surface area contributed by atoms with Gasteiger partial charge in [-0.1, -0.05) is 70.4 Å². The molecule has 38 heavy (non-hydrogen) atoms. The van der Waals surface area contributed by atoms with Gasteiger partial charge in [-0.25, -0.2) is 4.39 Å². The minimum Gasteiger partial charge on any atom is -0.429 e. The summed E-state index contributed by atoms with van der Waals surface area (Å²) in [6.07, 6.45) is 15.1. The van der Waals surface area contributed by atoms with Crippen LogP contribution in [0.1, 0.15) is 107 Å². The van der Waals surface area contributed by atoms with E-state index in [-0.39, 0.29) is 11.3 Å². The van der Waals surface area contributed by atoms with E-state index in [0.717, 1.165) is 54.2 Å². The lowest BCUT2D eigenvalue weighted by Crippen LogP contribution is -2.26. The molecule has 2 aliphatic rings. The van der Waals surface area contributed by atoms with Crippen LogP contribution >= 0.6 is 0 Å². The lowest BCUT2D eigenvalue weighted by Gasteiger charge is -2.38. The van der Waals surface area contributed by atoms with Crippen molar-refractivity contribution in [1.29, 1.82) is 5.26 Å².